The molecule has 1 N–H and O–H groups in total. The van der Waals surface area contributed by atoms with Crippen molar-refractivity contribution in [1.82, 2.24) is 14.7 Å². The van der Waals surface area contributed by atoms with Crippen LogP contribution in [0.2, 0.25) is 0 Å². The highest BCUT2D eigenvalue weighted by molar-refractivity contribution is 5.76. The number of carboxylic acid groups (broad SMARTS) is 1. The highest BCUT2D eigenvalue weighted by Crippen LogP contribution is 2.25. The summed E-state index contributed by atoms with van der Waals surface area (Å²) in [6.45, 7) is 5.74. The van der Waals surface area contributed by atoms with E-state index in [1.807, 2.05) is 18.9 Å². The van der Waals surface area contributed by atoms with Crippen LogP contribution < -0.4 is 0 Å². The zero-order valence-corrected chi connectivity index (χ0v) is 11.5. The highest BCUT2D eigenvalue weighted by atomic mass is 16.5. The van der Waals surface area contributed by atoms with E-state index in [4.69, 9.17) is 9.84 Å². The smallest absolute Gasteiger partial charge is 0.329 e. The second-order valence-electron chi connectivity index (χ2n) is 5.56. The van der Waals surface area contributed by atoms with Gasteiger partial charge in [0.2, 0.25) is 0 Å². The molecule has 2 fully saturated rings. The Labute approximate surface area is 112 Å². The summed E-state index contributed by atoms with van der Waals surface area (Å²) in [5.74, 6) is -0.981. The second-order valence-corrected chi connectivity index (χ2v) is 5.56. The van der Waals surface area contributed by atoms with Crippen LogP contribution in [0.5, 0.6) is 0 Å². The van der Waals surface area contributed by atoms with E-state index in [9.17, 15) is 9.59 Å². The molecule has 2 heterocycles. The van der Waals surface area contributed by atoms with Gasteiger partial charge in [0, 0.05) is 26.2 Å². The number of ether oxygens (including phenoxy) is 1. The van der Waals surface area contributed by atoms with E-state index in [0.29, 0.717) is 13.1 Å². The van der Waals surface area contributed by atoms with Crippen LogP contribution in [0, 0.1) is 0 Å². The minimum absolute atomic E-state index is 0.0319. The van der Waals surface area contributed by atoms with Crippen molar-refractivity contribution in [3.63, 3.8) is 0 Å². The van der Waals surface area contributed by atoms with E-state index in [0.717, 1.165) is 26.2 Å². The Hall–Kier alpha value is -1.34. The molecular weight excluding hydrogens is 250 g/mol. The Kier molecular flexibility index (Phi) is 3.96. The SMILES string of the molecule is CN1CCN(C(=O)N2CC(C)(OCC(=O)O)C2)CC1. The number of carbonyl (C=O) groups is 2. The van der Waals surface area contributed by atoms with Crippen LogP contribution in [-0.2, 0) is 9.53 Å². The summed E-state index contributed by atoms with van der Waals surface area (Å²) in [5, 5.41) is 8.58. The molecule has 7 heteroatoms. The molecule has 7 nitrogen and oxygen atoms in total. The first-order chi connectivity index (χ1) is 8.89. The summed E-state index contributed by atoms with van der Waals surface area (Å²) in [6.07, 6.45) is 0. The van der Waals surface area contributed by atoms with Crippen LogP contribution in [0.4, 0.5) is 4.79 Å². The fourth-order valence-electron chi connectivity index (χ4n) is 2.42. The molecule has 0 aliphatic carbocycles. The molecule has 2 aliphatic rings. The lowest BCUT2D eigenvalue weighted by Gasteiger charge is -2.49. The number of likely N-dealkylation sites (N-methyl/N-ethyl adjacent to an activating group) is 1. The maximum atomic E-state index is 12.2. The van der Waals surface area contributed by atoms with Crippen LogP contribution in [0.3, 0.4) is 0 Å². The summed E-state index contributed by atoms with van der Waals surface area (Å²) in [4.78, 5) is 28.4. The van der Waals surface area contributed by atoms with Crippen molar-refractivity contribution in [2.45, 2.75) is 12.5 Å². The maximum Gasteiger partial charge on any atom is 0.329 e. The van der Waals surface area contributed by atoms with Gasteiger partial charge in [-0.3, -0.25) is 0 Å². The van der Waals surface area contributed by atoms with Gasteiger partial charge < -0.3 is 24.5 Å². The molecule has 2 rings (SSSR count). The number of amides is 2. The number of rotatable bonds is 3. The van der Waals surface area contributed by atoms with Crippen molar-refractivity contribution in [2.24, 2.45) is 0 Å². The van der Waals surface area contributed by atoms with Gasteiger partial charge in [0.15, 0.2) is 0 Å². The Balaban J connectivity index is 1.76. The predicted octanol–water partition coefficient (Wildman–Crippen LogP) is -0.471. The fourth-order valence-corrected chi connectivity index (χ4v) is 2.42. The molecule has 0 unspecified atom stereocenters. The number of hydrogen-bond acceptors (Lipinski definition) is 4. The first-order valence-electron chi connectivity index (χ1n) is 6.48. The molecule has 0 aromatic carbocycles. The second kappa shape index (κ2) is 5.34. The lowest BCUT2D eigenvalue weighted by atomic mass is 9.97. The minimum Gasteiger partial charge on any atom is -0.480 e. The zero-order chi connectivity index (χ0) is 14.0. The number of aliphatic carboxylic acids is 1. The topological polar surface area (TPSA) is 73.3 Å². The molecule has 0 atom stereocenters. The lowest BCUT2D eigenvalue weighted by Crippen LogP contribution is -2.66. The molecule has 2 amide bonds. The quantitative estimate of drug-likeness (QED) is 0.751. The van der Waals surface area contributed by atoms with E-state index in [1.54, 1.807) is 4.90 Å². The minimum atomic E-state index is -0.981. The van der Waals surface area contributed by atoms with Crippen molar-refractivity contribution in [2.75, 3.05) is 52.9 Å². The summed E-state index contributed by atoms with van der Waals surface area (Å²) in [6, 6.07) is 0.0319. The van der Waals surface area contributed by atoms with E-state index in [2.05, 4.69) is 4.90 Å². The number of urea groups is 1. The van der Waals surface area contributed by atoms with E-state index >= 15 is 0 Å². The van der Waals surface area contributed by atoms with Crippen LogP contribution in [0.25, 0.3) is 0 Å². The third kappa shape index (κ3) is 3.36. The number of hydrogen-bond donors (Lipinski definition) is 1. The molecule has 0 saturated carbocycles. The molecule has 2 aliphatic heterocycles. The van der Waals surface area contributed by atoms with Gasteiger partial charge in [-0.1, -0.05) is 0 Å². The van der Waals surface area contributed by atoms with Crippen molar-refractivity contribution in [3.05, 3.63) is 0 Å². The van der Waals surface area contributed by atoms with Gasteiger partial charge >= 0.3 is 12.0 Å². The standard InChI is InChI=1S/C12H21N3O4/c1-12(19-7-10(16)17)8-15(9-12)11(18)14-5-3-13(2)4-6-14/h3-9H2,1-2H3,(H,16,17). The summed E-state index contributed by atoms with van der Waals surface area (Å²) >= 11 is 0. The molecule has 0 aromatic heterocycles. The van der Waals surface area contributed by atoms with Gasteiger partial charge in [0.1, 0.15) is 12.2 Å². The molecule has 0 radical (unpaired) electrons. The summed E-state index contributed by atoms with van der Waals surface area (Å²) in [5.41, 5.74) is -0.513. The molecular formula is C12H21N3O4. The monoisotopic (exact) mass is 271 g/mol. The van der Waals surface area contributed by atoms with Gasteiger partial charge in [-0.25, -0.2) is 9.59 Å². The van der Waals surface area contributed by atoms with E-state index in [1.165, 1.54) is 0 Å². The normalized spacial score (nSPS) is 23.1. The van der Waals surface area contributed by atoms with Crippen LogP contribution in [0.1, 0.15) is 6.92 Å². The highest BCUT2D eigenvalue weighted by Gasteiger charge is 2.44. The maximum absolute atomic E-state index is 12.2. The van der Waals surface area contributed by atoms with Crippen LogP contribution >= 0.6 is 0 Å². The van der Waals surface area contributed by atoms with Crippen LogP contribution in [-0.4, -0.2) is 90.3 Å². The molecule has 108 valence electrons. The van der Waals surface area contributed by atoms with Crippen LogP contribution in [0.15, 0.2) is 0 Å². The first kappa shape index (κ1) is 14.1. The van der Waals surface area contributed by atoms with Gasteiger partial charge in [0.25, 0.3) is 0 Å². The molecule has 0 aromatic rings. The lowest BCUT2D eigenvalue weighted by molar-refractivity contribution is -0.160. The van der Waals surface area contributed by atoms with Crippen molar-refractivity contribution < 1.29 is 19.4 Å². The summed E-state index contributed by atoms with van der Waals surface area (Å²) < 4.78 is 5.29. The third-order valence-corrected chi connectivity index (χ3v) is 3.64. The van der Waals surface area contributed by atoms with E-state index < -0.39 is 11.6 Å². The third-order valence-electron chi connectivity index (χ3n) is 3.64. The Morgan fingerprint density at radius 2 is 1.74 bits per heavy atom. The number of piperazine rings is 1. The summed E-state index contributed by atoms with van der Waals surface area (Å²) in [7, 11) is 2.04. The van der Waals surface area contributed by atoms with Crippen molar-refractivity contribution in [1.29, 1.82) is 0 Å². The van der Waals surface area contributed by atoms with Gasteiger partial charge in [-0.15, -0.1) is 0 Å². The average molecular weight is 271 g/mol. The van der Waals surface area contributed by atoms with E-state index in [-0.39, 0.29) is 12.6 Å². The Morgan fingerprint density at radius 1 is 1.16 bits per heavy atom. The van der Waals surface area contributed by atoms with Gasteiger partial charge in [0.05, 0.1) is 13.1 Å². The number of carbonyl (C=O) groups excluding carboxylic acids is 1. The van der Waals surface area contributed by atoms with Gasteiger partial charge in [-0.05, 0) is 14.0 Å². The van der Waals surface area contributed by atoms with Gasteiger partial charge in [-0.2, -0.15) is 0 Å². The van der Waals surface area contributed by atoms with Crippen molar-refractivity contribution in [3.8, 4) is 0 Å². The number of likely N-dealkylation sites (tertiary alicyclic amines) is 1. The molecule has 2 saturated heterocycles. The fraction of sp³-hybridized carbons (Fsp3) is 0.833. The predicted molar refractivity (Wildman–Crippen MR) is 68.0 cm³/mol. The Bertz CT molecular complexity index is 360. The number of nitrogens with zero attached hydrogens (tertiary/aromatic N) is 3. The molecule has 0 bridgehead atoms. The van der Waals surface area contributed by atoms with Crippen molar-refractivity contribution >= 4 is 12.0 Å². The first-order valence-corrected chi connectivity index (χ1v) is 6.48. The average Bonchev–Trinajstić information content (AvgIpc) is 2.33. The molecule has 0 spiro atoms. The Morgan fingerprint density at radius 3 is 2.26 bits per heavy atom. The zero-order valence-electron chi connectivity index (χ0n) is 11.5. The number of carboxylic acids is 1. The largest absolute Gasteiger partial charge is 0.480 e. The molecule has 19 heavy (non-hydrogen) atoms.